The average molecular weight is 328 g/mol. The Bertz CT molecular complexity index is 491. The van der Waals surface area contributed by atoms with Gasteiger partial charge in [-0.25, -0.2) is 0 Å². The van der Waals surface area contributed by atoms with E-state index in [2.05, 4.69) is 15.9 Å². The van der Waals surface area contributed by atoms with Crippen LogP contribution in [0.4, 0.5) is 5.69 Å². The van der Waals surface area contributed by atoms with Crippen LogP contribution in [0, 0.1) is 0 Å². The number of halogens is 1. The fourth-order valence-corrected chi connectivity index (χ4v) is 2.50. The minimum Gasteiger partial charge on any atom is -0.481 e. The van der Waals surface area contributed by atoms with E-state index in [9.17, 15) is 9.59 Å². The second-order valence-corrected chi connectivity index (χ2v) is 5.26. The summed E-state index contributed by atoms with van der Waals surface area (Å²) in [6.07, 6.45) is 0.402. The topological polar surface area (TPSA) is 66.8 Å². The first-order valence-electron chi connectivity index (χ1n) is 5.95. The Labute approximate surface area is 119 Å². The first-order valence-corrected chi connectivity index (χ1v) is 6.74. The van der Waals surface area contributed by atoms with Crippen LogP contribution in [0.2, 0.25) is 0 Å². The third-order valence-electron chi connectivity index (χ3n) is 2.95. The van der Waals surface area contributed by atoms with Crippen LogP contribution in [0.25, 0.3) is 0 Å². The van der Waals surface area contributed by atoms with Gasteiger partial charge >= 0.3 is 5.97 Å². The van der Waals surface area contributed by atoms with E-state index in [1.807, 2.05) is 24.3 Å². The molecule has 1 unspecified atom stereocenters. The third kappa shape index (κ3) is 3.54. The van der Waals surface area contributed by atoms with Crippen molar-refractivity contribution < 1.29 is 19.4 Å². The van der Waals surface area contributed by atoms with Gasteiger partial charge in [0.2, 0.25) is 0 Å². The molecule has 0 radical (unpaired) electrons. The standard InChI is InChI=1S/C13H14BrNO4/c14-9-2-1-3-10(6-9)15-11(4-5-13(17)18)7-19-8-12(15)16/h1-3,6,11H,4-5,7-8H2,(H,17,18). The Morgan fingerprint density at radius 3 is 3.00 bits per heavy atom. The zero-order chi connectivity index (χ0) is 13.8. The van der Waals surface area contributed by atoms with Gasteiger partial charge in [-0.05, 0) is 24.6 Å². The number of carboxylic acids is 1. The largest absolute Gasteiger partial charge is 0.481 e. The predicted molar refractivity (Wildman–Crippen MR) is 73.1 cm³/mol. The molecule has 0 aromatic heterocycles. The van der Waals surface area contributed by atoms with E-state index in [0.717, 1.165) is 10.2 Å². The smallest absolute Gasteiger partial charge is 0.303 e. The highest BCUT2D eigenvalue weighted by atomic mass is 79.9. The Morgan fingerprint density at radius 2 is 2.32 bits per heavy atom. The first kappa shape index (κ1) is 14.0. The molecule has 0 saturated carbocycles. The number of aliphatic carboxylic acids is 1. The Morgan fingerprint density at radius 1 is 1.53 bits per heavy atom. The van der Waals surface area contributed by atoms with Crippen molar-refractivity contribution in [2.45, 2.75) is 18.9 Å². The second-order valence-electron chi connectivity index (χ2n) is 4.34. The van der Waals surface area contributed by atoms with Gasteiger partial charge in [-0.15, -0.1) is 0 Å². The summed E-state index contributed by atoms with van der Waals surface area (Å²) in [5.41, 5.74) is 0.762. The lowest BCUT2D eigenvalue weighted by atomic mass is 10.1. The molecular weight excluding hydrogens is 314 g/mol. The number of rotatable bonds is 4. The summed E-state index contributed by atoms with van der Waals surface area (Å²) < 4.78 is 6.09. The van der Waals surface area contributed by atoms with Crippen molar-refractivity contribution in [1.82, 2.24) is 0 Å². The van der Waals surface area contributed by atoms with E-state index in [0.29, 0.717) is 13.0 Å². The summed E-state index contributed by atoms with van der Waals surface area (Å²) >= 11 is 3.37. The summed E-state index contributed by atoms with van der Waals surface area (Å²) in [5, 5.41) is 8.76. The monoisotopic (exact) mass is 327 g/mol. The van der Waals surface area contributed by atoms with Crippen LogP contribution < -0.4 is 4.90 Å². The number of anilines is 1. The molecule has 6 heteroatoms. The van der Waals surface area contributed by atoms with E-state index in [1.54, 1.807) is 4.90 Å². The number of amides is 1. The van der Waals surface area contributed by atoms with Crippen molar-refractivity contribution in [2.75, 3.05) is 18.1 Å². The number of morpholine rings is 1. The summed E-state index contributed by atoms with van der Waals surface area (Å²) in [4.78, 5) is 24.3. The molecular formula is C13H14BrNO4. The molecule has 5 nitrogen and oxygen atoms in total. The maximum Gasteiger partial charge on any atom is 0.303 e. The molecule has 0 spiro atoms. The summed E-state index contributed by atoms with van der Waals surface area (Å²) in [7, 11) is 0. The first-order chi connectivity index (χ1) is 9.08. The van der Waals surface area contributed by atoms with Gasteiger partial charge in [0, 0.05) is 16.6 Å². The number of benzene rings is 1. The van der Waals surface area contributed by atoms with Crippen LogP contribution in [0.15, 0.2) is 28.7 Å². The molecule has 19 heavy (non-hydrogen) atoms. The van der Waals surface area contributed by atoms with E-state index >= 15 is 0 Å². The zero-order valence-electron chi connectivity index (χ0n) is 10.2. The third-order valence-corrected chi connectivity index (χ3v) is 3.44. The van der Waals surface area contributed by atoms with Gasteiger partial charge in [0.1, 0.15) is 6.61 Å². The van der Waals surface area contributed by atoms with E-state index in [-0.39, 0.29) is 25.0 Å². The van der Waals surface area contributed by atoms with Gasteiger partial charge in [0.15, 0.2) is 0 Å². The normalized spacial score (nSPS) is 19.5. The van der Waals surface area contributed by atoms with Crippen LogP contribution in [0.5, 0.6) is 0 Å². The van der Waals surface area contributed by atoms with Gasteiger partial charge in [-0.1, -0.05) is 22.0 Å². The molecule has 1 saturated heterocycles. The van der Waals surface area contributed by atoms with Gasteiger partial charge < -0.3 is 14.7 Å². The number of carbonyl (C=O) groups excluding carboxylic acids is 1. The van der Waals surface area contributed by atoms with E-state index in [4.69, 9.17) is 9.84 Å². The number of nitrogens with zero attached hydrogens (tertiary/aromatic N) is 1. The van der Waals surface area contributed by atoms with Crippen molar-refractivity contribution in [1.29, 1.82) is 0 Å². The second kappa shape index (κ2) is 6.16. The summed E-state index contributed by atoms with van der Waals surface area (Å²) in [6, 6.07) is 7.17. The fraction of sp³-hybridized carbons (Fsp3) is 0.385. The molecule has 1 aromatic carbocycles. The molecule has 1 N–H and O–H groups in total. The summed E-state index contributed by atoms with van der Waals surface area (Å²) in [5.74, 6) is -1.01. The maximum absolute atomic E-state index is 12.0. The lowest BCUT2D eigenvalue weighted by molar-refractivity contribution is -0.138. The quantitative estimate of drug-likeness (QED) is 0.919. The van der Waals surface area contributed by atoms with E-state index in [1.165, 1.54) is 0 Å². The van der Waals surface area contributed by atoms with Crippen LogP contribution in [0.3, 0.4) is 0 Å². The van der Waals surface area contributed by atoms with Crippen LogP contribution in [0.1, 0.15) is 12.8 Å². The number of ether oxygens (including phenoxy) is 1. The van der Waals surface area contributed by atoms with Crippen LogP contribution in [-0.4, -0.2) is 36.2 Å². The number of hydrogen-bond acceptors (Lipinski definition) is 3. The SMILES string of the molecule is O=C(O)CCC1COCC(=O)N1c1cccc(Br)c1. The maximum atomic E-state index is 12.0. The zero-order valence-corrected chi connectivity index (χ0v) is 11.8. The molecule has 1 heterocycles. The van der Waals surface area contributed by atoms with Crippen molar-refractivity contribution >= 4 is 33.5 Å². The number of hydrogen-bond donors (Lipinski definition) is 1. The molecule has 1 fully saturated rings. The van der Waals surface area contributed by atoms with Crippen molar-refractivity contribution in [2.24, 2.45) is 0 Å². The molecule has 2 rings (SSSR count). The van der Waals surface area contributed by atoms with Crippen molar-refractivity contribution in [3.05, 3.63) is 28.7 Å². The number of carbonyl (C=O) groups is 2. The molecule has 102 valence electrons. The van der Waals surface area contributed by atoms with Gasteiger partial charge in [0.25, 0.3) is 5.91 Å². The van der Waals surface area contributed by atoms with Gasteiger partial charge in [0.05, 0.1) is 12.6 Å². The molecule has 0 aliphatic carbocycles. The van der Waals surface area contributed by atoms with Crippen molar-refractivity contribution in [3.8, 4) is 0 Å². The molecule has 1 aliphatic rings. The minimum absolute atomic E-state index is 0.0197. The lowest BCUT2D eigenvalue weighted by Gasteiger charge is -2.35. The van der Waals surface area contributed by atoms with Crippen LogP contribution >= 0.6 is 15.9 Å². The Hall–Kier alpha value is -1.40. The molecule has 1 aliphatic heterocycles. The molecule has 0 bridgehead atoms. The van der Waals surface area contributed by atoms with Gasteiger partial charge in [-0.2, -0.15) is 0 Å². The lowest BCUT2D eigenvalue weighted by Crippen LogP contribution is -2.49. The van der Waals surface area contributed by atoms with E-state index < -0.39 is 5.97 Å². The highest BCUT2D eigenvalue weighted by Crippen LogP contribution is 2.25. The minimum atomic E-state index is -0.868. The molecule has 1 atom stereocenters. The molecule has 1 aromatic rings. The Kier molecular flexibility index (Phi) is 4.55. The summed E-state index contributed by atoms with van der Waals surface area (Å²) in [6.45, 7) is 0.404. The number of carboxylic acid groups (broad SMARTS) is 1. The van der Waals surface area contributed by atoms with Crippen LogP contribution in [-0.2, 0) is 14.3 Å². The van der Waals surface area contributed by atoms with Crippen molar-refractivity contribution in [3.63, 3.8) is 0 Å². The fourth-order valence-electron chi connectivity index (χ4n) is 2.11. The molecule has 1 amide bonds. The van der Waals surface area contributed by atoms with Gasteiger partial charge in [-0.3, -0.25) is 9.59 Å². The highest BCUT2D eigenvalue weighted by Gasteiger charge is 2.30. The highest BCUT2D eigenvalue weighted by molar-refractivity contribution is 9.10. The Balaban J connectivity index is 2.20. The predicted octanol–water partition coefficient (Wildman–Crippen LogP) is 2.05. The average Bonchev–Trinajstić information content (AvgIpc) is 2.36.